The first-order chi connectivity index (χ1) is 4.68. The zero-order valence-corrected chi connectivity index (χ0v) is 6.43. The van der Waals surface area contributed by atoms with E-state index in [1.54, 1.807) is 0 Å². The molecular formula is C6H9ClO3. The van der Waals surface area contributed by atoms with E-state index >= 15 is 0 Å². The van der Waals surface area contributed by atoms with E-state index in [0.29, 0.717) is 6.29 Å². The van der Waals surface area contributed by atoms with Crippen molar-refractivity contribution in [3.8, 4) is 0 Å². The fourth-order valence-electron chi connectivity index (χ4n) is 0.322. The molecule has 0 N–H and O–H groups in total. The molecule has 0 aromatic rings. The second kappa shape index (κ2) is 5.23. The van der Waals surface area contributed by atoms with Crippen molar-refractivity contribution in [3.63, 3.8) is 0 Å². The van der Waals surface area contributed by atoms with Crippen LogP contribution >= 0.6 is 11.6 Å². The van der Waals surface area contributed by atoms with E-state index in [1.807, 2.05) is 0 Å². The van der Waals surface area contributed by atoms with Gasteiger partial charge in [-0.15, -0.1) is 11.6 Å². The van der Waals surface area contributed by atoms with E-state index in [2.05, 4.69) is 4.74 Å². The molecule has 0 aliphatic heterocycles. The van der Waals surface area contributed by atoms with Gasteiger partial charge in [0.25, 0.3) is 0 Å². The monoisotopic (exact) mass is 164 g/mol. The van der Waals surface area contributed by atoms with Crippen LogP contribution in [0.2, 0.25) is 0 Å². The number of halogens is 1. The van der Waals surface area contributed by atoms with Gasteiger partial charge in [-0.05, 0) is 6.92 Å². The van der Waals surface area contributed by atoms with Crippen LogP contribution in [0.1, 0.15) is 13.3 Å². The summed E-state index contributed by atoms with van der Waals surface area (Å²) < 4.78 is 4.54. The summed E-state index contributed by atoms with van der Waals surface area (Å²) in [7, 11) is 0. The molecule has 0 aromatic heterocycles. The second-order valence-corrected chi connectivity index (χ2v) is 2.39. The zero-order chi connectivity index (χ0) is 7.98. The van der Waals surface area contributed by atoms with Crippen molar-refractivity contribution >= 4 is 23.9 Å². The Balaban J connectivity index is 3.30. The van der Waals surface area contributed by atoms with Crippen molar-refractivity contribution in [2.75, 3.05) is 6.61 Å². The van der Waals surface area contributed by atoms with Gasteiger partial charge in [0.1, 0.15) is 11.7 Å². The van der Waals surface area contributed by atoms with Crippen LogP contribution < -0.4 is 0 Å². The zero-order valence-electron chi connectivity index (χ0n) is 5.67. The number of rotatable bonds is 4. The third-order valence-corrected chi connectivity index (χ3v) is 0.983. The van der Waals surface area contributed by atoms with E-state index in [9.17, 15) is 9.59 Å². The van der Waals surface area contributed by atoms with Crippen molar-refractivity contribution in [2.45, 2.75) is 18.7 Å². The Bertz CT molecular complexity index is 122. The summed E-state index contributed by atoms with van der Waals surface area (Å²) in [5, 5.41) is -0.633. The highest BCUT2D eigenvalue weighted by molar-refractivity contribution is 6.29. The van der Waals surface area contributed by atoms with E-state index in [-0.39, 0.29) is 13.0 Å². The quantitative estimate of drug-likeness (QED) is 0.267. The number of esters is 1. The number of alkyl halides is 1. The first-order valence-corrected chi connectivity index (χ1v) is 3.36. The molecule has 0 saturated heterocycles. The maximum absolute atomic E-state index is 10.5. The number of carbonyl (C=O) groups is 2. The highest BCUT2D eigenvalue weighted by Gasteiger charge is 2.08. The summed E-state index contributed by atoms with van der Waals surface area (Å²) in [6.07, 6.45) is 0.918. The smallest absolute Gasteiger partial charge is 0.323 e. The maximum Gasteiger partial charge on any atom is 0.323 e. The Labute approximate surface area is 64.3 Å². The van der Waals surface area contributed by atoms with Gasteiger partial charge in [0.05, 0.1) is 6.61 Å². The minimum Gasteiger partial charge on any atom is -0.464 e. The van der Waals surface area contributed by atoms with E-state index in [0.717, 1.165) is 0 Å². The lowest BCUT2D eigenvalue weighted by Crippen LogP contribution is -2.15. The molecule has 0 bridgehead atoms. The van der Waals surface area contributed by atoms with Crippen LogP contribution in [0.5, 0.6) is 0 Å². The molecule has 58 valence electrons. The van der Waals surface area contributed by atoms with Gasteiger partial charge in [0, 0.05) is 6.42 Å². The molecule has 0 aliphatic carbocycles. The molecule has 0 aromatic carbocycles. The van der Waals surface area contributed by atoms with Crippen LogP contribution in [0, 0.1) is 0 Å². The topological polar surface area (TPSA) is 43.4 Å². The Kier molecular flexibility index (Phi) is 4.94. The van der Waals surface area contributed by atoms with Crippen molar-refractivity contribution < 1.29 is 14.3 Å². The van der Waals surface area contributed by atoms with Crippen LogP contribution in [-0.4, -0.2) is 24.2 Å². The van der Waals surface area contributed by atoms with Gasteiger partial charge in [0.15, 0.2) is 0 Å². The van der Waals surface area contributed by atoms with E-state index in [1.165, 1.54) is 6.92 Å². The second-order valence-electron chi connectivity index (χ2n) is 1.74. The fourth-order valence-corrected chi connectivity index (χ4v) is 0.385. The molecule has 0 radical (unpaired) electrons. The predicted molar refractivity (Wildman–Crippen MR) is 37.0 cm³/mol. The molecular weight excluding hydrogens is 156 g/mol. The van der Waals surface area contributed by atoms with Gasteiger partial charge in [-0.1, -0.05) is 0 Å². The number of hydrogen-bond acceptors (Lipinski definition) is 3. The van der Waals surface area contributed by atoms with Crippen molar-refractivity contribution in [1.29, 1.82) is 0 Å². The molecule has 0 aliphatic rings. The largest absolute Gasteiger partial charge is 0.464 e. The number of carbonyl (C=O) groups excluding carboxylic acids is 2. The highest BCUT2D eigenvalue weighted by Crippen LogP contribution is 1.96. The molecule has 0 heterocycles. The molecule has 3 nitrogen and oxygen atoms in total. The van der Waals surface area contributed by atoms with Gasteiger partial charge in [0.2, 0.25) is 0 Å². The summed E-state index contributed by atoms with van der Waals surface area (Å²) in [4.78, 5) is 20.3. The Morgan fingerprint density at radius 2 is 2.40 bits per heavy atom. The first-order valence-electron chi connectivity index (χ1n) is 2.93. The SMILES string of the molecule is CC(Cl)C(=O)OCCC=O. The lowest BCUT2D eigenvalue weighted by molar-refractivity contribution is -0.143. The van der Waals surface area contributed by atoms with Crippen LogP contribution in [0.15, 0.2) is 0 Å². The molecule has 0 spiro atoms. The minimum atomic E-state index is -0.633. The van der Waals surface area contributed by atoms with E-state index in [4.69, 9.17) is 11.6 Å². The standard InChI is InChI=1S/C6H9ClO3/c1-5(7)6(9)10-4-2-3-8/h3,5H,2,4H2,1H3. The lowest BCUT2D eigenvalue weighted by Gasteiger charge is -2.01. The summed E-state index contributed by atoms with van der Waals surface area (Å²) in [6, 6.07) is 0. The number of aldehydes is 1. The third kappa shape index (κ3) is 4.32. The van der Waals surface area contributed by atoms with Crippen molar-refractivity contribution in [3.05, 3.63) is 0 Å². The van der Waals surface area contributed by atoms with E-state index < -0.39 is 11.3 Å². The van der Waals surface area contributed by atoms with Crippen LogP contribution in [0.4, 0.5) is 0 Å². The van der Waals surface area contributed by atoms with Crippen LogP contribution in [0.25, 0.3) is 0 Å². The van der Waals surface area contributed by atoms with Gasteiger partial charge < -0.3 is 9.53 Å². The molecule has 1 atom stereocenters. The highest BCUT2D eigenvalue weighted by atomic mass is 35.5. The molecule has 0 saturated carbocycles. The van der Waals surface area contributed by atoms with Gasteiger partial charge in [-0.25, -0.2) is 0 Å². The lowest BCUT2D eigenvalue weighted by atomic mass is 10.5. The number of hydrogen-bond donors (Lipinski definition) is 0. The maximum atomic E-state index is 10.5. The molecule has 1 unspecified atom stereocenters. The van der Waals surface area contributed by atoms with Crippen LogP contribution in [-0.2, 0) is 14.3 Å². The van der Waals surface area contributed by atoms with Crippen LogP contribution in [0.3, 0.4) is 0 Å². The third-order valence-electron chi connectivity index (χ3n) is 0.805. The molecule has 0 fully saturated rings. The summed E-state index contributed by atoms with van der Waals surface area (Å²) in [6.45, 7) is 1.64. The summed E-state index contributed by atoms with van der Waals surface area (Å²) in [5.74, 6) is -0.483. The van der Waals surface area contributed by atoms with Gasteiger partial charge in [-0.3, -0.25) is 4.79 Å². The average Bonchev–Trinajstić information content (AvgIpc) is 1.88. The summed E-state index contributed by atoms with van der Waals surface area (Å²) in [5.41, 5.74) is 0. The number of ether oxygens (including phenoxy) is 1. The average molecular weight is 165 g/mol. The molecule has 0 amide bonds. The Morgan fingerprint density at radius 3 is 2.80 bits per heavy atom. The summed E-state index contributed by atoms with van der Waals surface area (Å²) >= 11 is 5.34. The first kappa shape index (κ1) is 9.43. The van der Waals surface area contributed by atoms with Gasteiger partial charge >= 0.3 is 5.97 Å². The molecule has 10 heavy (non-hydrogen) atoms. The van der Waals surface area contributed by atoms with Crippen molar-refractivity contribution in [1.82, 2.24) is 0 Å². The predicted octanol–water partition coefficient (Wildman–Crippen LogP) is 0.746. The normalized spacial score (nSPS) is 12.2. The molecule has 0 rings (SSSR count). The molecule has 4 heteroatoms. The fraction of sp³-hybridized carbons (Fsp3) is 0.667. The van der Waals surface area contributed by atoms with Crippen molar-refractivity contribution in [2.24, 2.45) is 0 Å². The minimum absolute atomic E-state index is 0.124. The van der Waals surface area contributed by atoms with Gasteiger partial charge in [-0.2, -0.15) is 0 Å². The Hall–Kier alpha value is -0.570. The Morgan fingerprint density at radius 1 is 1.80 bits per heavy atom.